The molecule has 3 nitrogen and oxygen atoms in total. The summed E-state index contributed by atoms with van der Waals surface area (Å²) in [5.74, 6) is -0.390. The molecule has 4 heteroatoms. The van der Waals surface area contributed by atoms with Gasteiger partial charge in [0, 0.05) is 10.6 Å². The number of nitriles is 1. The van der Waals surface area contributed by atoms with Crippen molar-refractivity contribution in [2.75, 3.05) is 11.6 Å². The lowest BCUT2D eigenvalue weighted by Crippen LogP contribution is -2.15. The number of anilines is 1. The van der Waals surface area contributed by atoms with Crippen LogP contribution in [0.5, 0.6) is 0 Å². The van der Waals surface area contributed by atoms with Crippen molar-refractivity contribution in [3.63, 3.8) is 0 Å². The summed E-state index contributed by atoms with van der Waals surface area (Å²) in [5, 5.41) is 12.1. The predicted octanol–water partition coefficient (Wildman–Crippen LogP) is 4.57. The number of benzene rings is 2. The predicted molar refractivity (Wildman–Crippen MR) is 96.4 cm³/mol. The zero-order chi connectivity index (χ0) is 16.8. The van der Waals surface area contributed by atoms with Crippen LogP contribution in [0.25, 0.3) is 6.08 Å². The summed E-state index contributed by atoms with van der Waals surface area (Å²) in [5.41, 5.74) is 3.62. The Kier molecular flexibility index (Phi) is 5.61. The lowest BCUT2D eigenvalue weighted by atomic mass is 10.1. The Morgan fingerprint density at radius 1 is 1.13 bits per heavy atom. The number of rotatable bonds is 4. The molecule has 0 saturated heterocycles. The maximum Gasteiger partial charge on any atom is 0.266 e. The molecule has 0 atom stereocenters. The minimum atomic E-state index is -0.390. The van der Waals surface area contributed by atoms with Crippen molar-refractivity contribution in [3.8, 4) is 6.07 Å². The second-order valence-corrected chi connectivity index (χ2v) is 6.04. The van der Waals surface area contributed by atoms with Gasteiger partial charge in [0.2, 0.25) is 0 Å². The van der Waals surface area contributed by atoms with E-state index in [2.05, 4.69) is 5.32 Å². The smallest absolute Gasteiger partial charge is 0.266 e. The molecule has 0 fully saturated rings. The third-order valence-electron chi connectivity index (χ3n) is 3.51. The zero-order valence-electron chi connectivity index (χ0n) is 13.4. The highest BCUT2D eigenvalue weighted by atomic mass is 32.2. The first-order valence-corrected chi connectivity index (χ1v) is 8.41. The summed E-state index contributed by atoms with van der Waals surface area (Å²) in [4.78, 5) is 13.5. The summed E-state index contributed by atoms with van der Waals surface area (Å²) >= 11 is 1.65. The van der Waals surface area contributed by atoms with Crippen molar-refractivity contribution < 1.29 is 4.79 Å². The van der Waals surface area contributed by atoms with Gasteiger partial charge in [0.05, 0.1) is 0 Å². The van der Waals surface area contributed by atoms with Crippen molar-refractivity contribution >= 4 is 29.4 Å². The third-order valence-corrected chi connectivity index (χ3v) is 4.26. The second kappa shape index (κ2) is 7.66. The minimum absolute atomic E-state index is 0.0876. The number of aryl methyl sites for hydroxylation is 2. The molecule has 0 saturated carbocycles. The van der Waals surface area contributed by atoms with E-state index in [0.29, 0.717) is 0 Å². The number of nitrogens with one attached hydrogen (secondary N) is 1. The summed E-state index contributed by atoms with van der Waals surface area (Å²) in [6.45, 7) is 3.86. The molecule has 1 N–H and O–H groups in total. The topological polar surface area (TPSA) is 52.9 Å². The number of para-hydroxylation sites is 1. The van der Waals surface area contributed by atoms with Gasteiger partial charge in [0.15, 0.2) is 0 Å². The molecule has 2 aromatic carbocycles. The van der Waals surface area contributed by atoms with Gasteiger partial charge in [-0.3, -0.25) is 4.79 Å². The Hall–Kier alpha value is -2.51. The van der Waals surface area contributed by atoms with Crippen LogP contribution >= 0.6 is 11.8 Å². The molecule has 0 unspecified atom stereocenters. The molecular weight excluding hydrogens is 304 g/mol. The van der Waals surface area contributed by atoms with Crippen LogP contribution < -0.4 is 5.32 Å². The van der Waals surface area contributed by atoms with Crippen LogP contribution in [0.4, 0.5) is 5.69 Å². The van der Waals surface area contributed by atoms with Crippen LogP contribution in [-0.2, 0) is 4.79 Å². The Morgan fingerprint density at radius 2 is 1.74 bits per heavy atom. The number of carbonyl (C=O) groups excluding carboxylic acids is 1. The quantitative estimate of drug-likeness (QED) is 0.509. The fraction of sp³-hybridized carbons (Fsp3) is 0.158. The van der Waals surface area contributed by atoms with Crippen LogP contribution in [0.3, 0.4) is 0 Å². The Morgan fingerprint density at radius 3 is 2.26 bits per heavy atom. The molecule has 0 aromatic heterocycles. The van der Waals surface area contributed by atoms with Gasteiger partial charge in [-0.15, -0.1) is 11.8 Å². The van der Waals surface area contributed by atoms with Crippen LogP contribution in [-0.4, -0.2) is 12.2 Å². The molecule has 1 amide bonds. The first-order valence-electron chi connectivity index (χ1n) is 7.18. The zero-order valence-corrected chi connectivity index (χ0v) is 14.2. The Bertz CT molecular complexity index is 766. The molecule has 0 aliphatic heterocycles. The number of hydrogen-bond acceptors (Lipinski definition) is 3. The molecule has 0 bridgehead atoms. The number of hydrogen-bond donors (Lipinski definition) is 1. The molecular formula is C19H18N2OS. The van der Waals surface area contributed by atoms with E-state index in [1.165, 1.54) is 0 Å². The number of carbonyl (C=O) groups is 1. The van der Waals surface area contributed by atoms with E-state index < -0.39 is 0 Å². The van der Waals surface area contributed by atoms with E-state index in [-0.39, 0.29) is 11.5 Å². The van der Waals surface area contributed by atoms with E-state index in [1.54, 1.807) is 17.8 Å². The summed E-state index contributed by atoms with van der Waals surface area (Å²) < 4.78 is 0. The lowest BCUT2D eigenvalue weighted by Gasteiger charge is -2.10. The molecule has 0 aliphatic rings. The molecule has 2 aromatic rings. The third kappa shape index (κ3) is 4.24. The van der Waals surface area contributed by atoms with Gasteiger partial charge in [0.25, 0.3) is 5.91 Å². The number of nitrogens with zero attached hydrogens (tertiary/aromatic N) is 1. The Labute approximate surface area is 141 Å². The van der Waals surface area contributed by atoms with Gasteiger partial charge < -0.3 is 5.32 Å². The average molecular weight is 322 g/mol. The van der Waals surface area contributed by atoms with Gasteiger partial charge in [0.1, 0.15) is 11.6 Å². The summed E-state index contributed by atoms with van der Waals surface area (Å²) in [6.07, 6.45) is 3.61. The monoisotopic (exact) mass is 322 g/mol. The highest BCUT2D eigenvalue weighted by Crippen LogP contribution is 2.21. The van der Waals surface area contributed by atoms with Crippen molar-refractivity contribution in [2.24, 2.45) is 0 Å². The van der Waals surface area contributed by atoms with E-state index in [4.69, 9.17) is 0 Å². The first kappa shape index (κ1) is 16.9. The van der Waals surface area contributed by atoms with Crippen LogP contribution in [0, 0.1) is 25.2 Å². The van der Waals surface area contributed by atoms with Gasteiger partial charge >= 0.3 is 0 Å². The molecule has 0 heterocycles. The minimum Gasteiger partial charge on any atom is -0.321 e. The summed E-state index contributed by atoms with van der Waals surface area (Å²) in [6, 6.07) is 15.5. The van der Waals surface area contributed by atoms with Crippen LogP contribution in [0.15, 0.2) is 52.9 Å². The largest absolute Gasteiger partial charge is 0.321 e. The maximum absolute atomic E-state index is 12.4. The van der Waals surface area contributed by atoms with Gasteiger partial charge in [-0.05, 0) is 55.0 Å². The molecule has 116 valence electrons. The average Bonchev–Trinajstić information content (AvgIpc) is 2.56. The van der Waals surface area contributed by atoms with Crippen molar-refractivity contribution in [1.29, 1.82) is 5.26 Å². The standard InChI is InChI=1S/C19H18N2OS/c1-13-5-4-6-14(2)18(13)21-19(22)16(12-20)11-15-7-9-17(23-3)10-8-15/h4-11H,1-3H3,(H,21,22)/b16-11+. The lowest BCUT2D eigenvalue weighted by molar-refractivity contribution is -0.112. The fourth-order valence-electron chi connectivity index (χ4n) is 2.21. The molecule has 2 rings (SSSR count). The normalized spacial score (nSPS) is 11.0. The van der Waals surface area contributed by atoms with Gasteiger partial charge in [-0.25, -0.2) is 0 Å². The highest BCUT2D eigenvalue weighted by molar-refractivity contribution is 7.98. The van der Waals surface area contributed by atoms with E-state index in [9.17, 15) is 10.1 Å². The molecule has 23 heavy (non-hydrogen) atoms. The highest BCUT2D eigenvalue weighted by Gasteiger charge is 2.12. The summed E-state index contributed by atoms with van der Waals surface area (Å²) in [7, 11) is 0. The van der Waals surface area contributed by atoms with Crippen LogP contribution in [0.2, 0.25) is 0 Å². The van der Waals surface area contributed by atoms with Crippen molar-refractivity contribution in [1.82, 2.24) is 0 Å². The number of amides is 1. The van der Waals surface area contributed by atoms with E-state index in [0.717, 1.165) is 27.3 Å². The van der Waals surface area contributed by atoms with Gasteiger partial charge in [-0.1, -0.05) is 30.3 Å². The van der Waals surface area contributed by atoms with Gasteiger partial charge in [-0.2, -0.15) is 5.26 Å². The maximum atomic E-state index is 12.4. The van der Waals surface area contributed by atoms with E-state index >= 15 is 0 Å². The Balaban J connectivity index is 2.24. The molecule has 0 radical (unpaired) electrons. The van der Waals surface area contributed by atoms with E-state index in [1.807, 2.05) is 68.6 Å². The fourth-order valence-corrected chi connectivity index (χ4v) is 2.62. The van der Waals surface area contributed by atoms with Crippen LogP contribution in [0.1, 0.15) is 16.7 Å². The molecule has 0 aliphatic carbocycles. The van der Waals surface area contributed by atoms with Crippen molar-refractivity contribution in [3.05, 3.63) is 64.7 Å². The first-order chi connectivity index (χ1) is 11.0. The number of thioether (sulfide) groups is 1. The second-order valence-electron chi connectivity index (χ2n) is 5.16. The molecule has 0 spiro atoms. The SMILES string of the molecule is CSc1ccc(/C=C(\C#N)C(=O)Nc2c(C)cccc2C)cc1. The van der Waals surface area contributed by atoms with Crippen molar-refractivity contribution in [2.45, 2.75) is 18.7 Å².